The van der Waals surface area contributed by atoms with E-state index in [9.17, 15) is 4.79 Å². The fourth-order valence-electron chi connectivity index (χ4n) is 0.531. The Morgan fingerprint density at radius 3 is 2.64 bits per heavy atom. The van der Waals surface area contributed by atoms with Gasteiger partial charge in [0.1, 0.15) is 6.61 Å². The topological polar surface area (TPSA) is 35.5 Å². The van der Waals surface area contributed by atoms with Crippen LogP contribution in [0.2, 0.25) is 0 Å². The van der Waals surface area contributed by atoms with Gasteiger partial charge in [-0.2, -0.15) is 11.8 Å². The molecule has 0 aliphatic rings. The van der Waals surface area contributed by atoms with Gasteiger partial charge in [0.2, 0.25) is 0 Å². The van der Waals surface area contributed by atoms with Gasteiger partial charge < -0.3 is 9.47 Å². The molecule has 0 saturated heterocycles. The summed E-state index contributed by atoms with van der Waals surface area (Å²) in [5.74, 6) is 1.52. The Bertz CT molecular complexity index is 106. The molecule has 0 unspecified atom stereocenters. The molecular weight excluding hydrogens is 164 g/mol. The van der Waals surface area contributed by atoms with E-state index in [2.05, 4.69) is 4.74 Å². The molecule has 11 heavy (non-hydrogen) atoms. The van der Waals surface area contributed by atoms with Gasteiger partial charge in [-0.3, -0.25) is 4.79 Å². The summed E-state index contributed by atoms with van der Waals surface area (Å²) in [5.41, 5.74) is 0. The summed E-state index contributed by atoms with van der Waals surface area (Å²) >= 11 is 1.57. The summed E-state index contributed by atoms with van der Waals surface area (Å²) in [4.78, 5) is 10.8. The summed E-state index contributed by atoms with van der Waals surface area (Å²) in [5, 5.41) is 0. The first kappa shape index (κ1) is 10.9. The van der Waals surface area contributed by atoms with Gasteiger partial charge in [0.05, 0.1) is 12.4 Å². The van der Waals surface area contributed by atoms with E-state index in [1.165, 1.54) is 7.11 Å². The van der Waals surface area contributed by atoms with Crippen LogP contribution in [-0.4, -0.2) is 44.7 Å². The van der Waals surface area contributed by atoms with Crippen LogP contribution in [0.4, 0.5) is 0 Å². The Balaban J connectivity index is 3.04. The zero-order valence-corrected chi connectivity index (χ0v) is 7.78. The smallest absolute Gasteiger partial charge is 0.168 e. The fourth-order valence-corrected chi connectivity index (χ4v) is 1.27. The number of thioether (sulfide) groups is 1. The zero-order valence-electron chi connectivity index (χ0n) is 6.96. The summed E-state index contributed by atoms with van der Waals surface area (Å²) in [6, 6.07) is 0. The van der Waals surface area contributed by atoms with Crippen molar-refractivity contribution < 1.29 is 14.3 Å². The van der Waals surface area contributed by atoms with Crippen LogP contribution in [-0.2, 0) is 14.3 Å². The number of carbonyl (C=O) groups is 1. The first-order valence-electron chi connectivity index (χ1n) is 3.38. The molecule has 0 aliphatic heterocycles. The third-order valence-electron chi connectivity index (χ3n) is 1.00. The van der Waals surface area contributed by atoms with E-state index in [1.807, 2.05) is 0 Å². The van der Waals surface area contributed by atoms with Crippen molar-refractivity contribution in [2.24, 2.45) is 0 Å². The normalized spacial score (nSPS) is 10.0. The average Bonchev–Trinajstić information content (AvgIpc) is 1.99. The maximum atomic E-state index is 10.8. The molecule has 0 aromatic heterocycles. The van der Waals surface area contributed by atoms with Gasteiger partial charge in [-0.05, 0) is 0 Å². The lowest BCUT2D eigenvalue weighted by Crippen LogP contribution is -2.10. The lowest BCUT2D eigenvalue weighted by Gasteiger charge is -1.98. The van der Waals surface area contributed by atoms with Crippen molar-refractivity contribution in [2.75, 3.05) is 38.9 Å². The molecule has 0 spiro atoms. The van der Waals surface area contributed by atoms with Crippen LogP contribution in [0.15, 0.2) is 0 Å². The number of Topliss-reactive ketones (excluding diaryl/α,β-unsaturated/α-hetero) is 1. The lowest BCUT2D eigenvalue weighted by atomic mass is 10.5. The Morgan fingerprint density at radius 2 is 2.09 bits per heavy atom. The summed E-state index contributed by atoms with van der Waals surface area (Å²) < 4.78 is 9.49. The van der Waals surface area contributed by atoms with Crippen molar-refractivity contribution in [3.63, 3.8) is 0 Å². The third kappa shape index (κ3) is 7.84. The molecule has 0 atom stereocenters. The van der Waals surface area contributed by atoms with Gasteiger partial charge in [0.15, 0.2) is 5.78 Å². The molecule has 0 aromatic rings. The standard InChI is InChI=1S/C7H14O3S/c1-9-3-4-11-6-7(8)5-10-2/h3-6H2,1-2H3. The minimum absolute atomic E-state index is 0.133. The Kier molecular flexibility index (Phi) is 8.00. The lowest BCUT2D eigenvalue weighted by molar-refractivity contribution is -0.120. The molecule has 3 nitrogen and oxygen atoms in total. The predicted octanol–water partition coefficient (Wildman–Crippen LogP) is 0.581. The molecule has 66 valence electrons. The molecule has 0 aromatic carbocycles. The maximum Gasteiger partial charge on any atom is 0.168 e. The van der Waals surface area contributed by atoms with Gasteiger partial charge >= 0.3 is 0 Å². The zero-order chi connectivity index (χ0) is 8.53. The second kappa shape index (κ2) is 8.04. The average molecular weight is 178 g/mol. The second-order valence-electron chi connectivity index (χ2n) is 2.02. The van der Waals surface area contributed by atoms with Crippen LogP contribution in [0.5, 0.6) is 0 Å². The minimum atomic E-state index is 0.133. The highest BCUT2D eigenvalue weighted by molar-refractivity contribution is 7.99. The molecule has 0 radical (unpaired) electrons. The van der Waals surface area contributed by atoms with E-state index in [-0.39, 0.29) is 12.4 Å². The van der Waals surface area contributed by atoms with Crippen LogP contribution < -0.4 is 0 Å². The highest BCUT2D eigenvalue weighted by Crippen LogP contribution is 1.99. The number of ketones is 1. The van der Waals surface area contributed by atoms with Crippen LogP contribution in [0.25, 0.3) is 0 Å². The Morgan fingerprint density at radius 1 is 1.36 bits per heavy atom. The number of rotatable bonds is 7. The van der Waals surface area contributed by atoms with E-state index < -0.39 is 0 Å². The first-order chi connectivity index (χ1) is 5.31. The second-order valence-corrected chi connectivity index (χ2v) is 3.12. The van der Waals surface area contributed by atoms with Gasteiger partial charge in [-0.25, -0.2) is 0 Å². The quantitative estimate of drug-likeness (QED) is 0.534. The molecule has 0 heterocycles. The number of ether oxygens (including phenoxy) is 2. The number of hydrogen-bond acceptors (Lipinski definition) is 4. The SMILES string of the molecule is COCCSCC(=O)COC. The van der Waals surface area contributed by atoms with E-state index >= 15 is 0 Å². The molecule has 0 bridgehead atoms. The van der Waals surface area contributed by atoms with E-state index in [4.69, 9.17) is 4.74 Å². The highest BCUT2D eigenvalue weighted by atomic mass is 32.2. The molecule has 0 fully saturated rings. The molecule has 0 saturated carbocycles. The first-order valence-corrected chi connectivity index (χ1v) is 4.54. The van der Waals surface area contributed by atoms with Crippen molar-refractivity contribution in [1.29, 1.82) is 0 Å². The number of carbonyl (C=O) groups excluding carboxylic acids is 1. The van der Waals surface area contributed by atoms with Gasteiger partial charge in [-0.1, -0.05) is 0 Å². The fraction of sp³-hybridized carbons (Fsp3) is 0.857. The van der Waals surface area contributed by atoms with Crippen molar-refractivity contribution in [3.05, 3.63) is 0 Å². The largest absolute Gasteiger partial charge is 0.384 e. The maximum absolute atomic E-state index is 10.8. The predicted molar refractivity (Wildman–Crippen MR) is 46.1 cm³/mol. The number of methoxy groups -OCH3 is 2. The minimum Gasteiger partial charge on any atom is -0.384 e. The monoisotopic (exact) mass is 178 g/mol. The van der Waals surface area contributed by atoms with Gasteiger partial charge in [0, 0.05) is 20.0 Å². The third-order valence-corrected chi connectivity index (χ3v) is 1.98. The van der Waals surface area contributed by atoms with Crippen LogP contribution >= 0.6 is 11.8 Å². The highest BCUT2D eigenvalue weighted by Gasteiger charge is 1.99. The molecule has 0 aliphatic carbocycles. The van der Waals surface area contributed by atoms with E-state index in [0.29, 0.717) is 12.4 Å². The van der Waals surface area contributed by atoms with E-state index in [1.54, 1.807) is 18.9 Å². The van der Waals surface area contributed by atoms with E-state index in [0.717, 1.165) is 5.75 Å². The summed E-state index contributed by atoms with van der Waals surface area (Å²) in [6.45, 7) is 0.922. The van der Waals surface area contributed by atoms with Crippen molar-refractivity contribution in [1.82, 2.24) is 0 Å². The van der Waals surface area contributed by atoms with Crippen LogP contribution in [0.1, 0.15) is 0 Å². The summed E-state index contributed by atoms with van der Waals surface area (Å²) in [7, 11) is 3.18. The van der Waals surface area contributed by atoms with Crippen LogP contribution in [0.3, 0.4) is 0 Å². The number of hydrogen-bond donors (Lipinski definition) is 0. The van der Waals surface area contributed by atoms with Crippen molar-refractivity contribution in [2.45, 2.75) is 0 Å². The Labute approximate surface area is 71.4 Å². The molecule has 4 heteroatoms. The van der Waals surface area contributed by atoms with Crippen LogP contribution in [0, 0.1) is 0 Å². The molecule has 0 amide bonds. The van der Waals surface area contributed by atoms with Crippen molar-refractivity contribution >= 4 is 17.5 Å². The molecular formula is C7H14O3S. The summed E-state index contributed by atoms with van der Waals surface area (Å²) in [6.07, 6.45) is 0. The van der Waals surface area contributed by atoms with Crippen molar-refractivity contribution in [3.8, 4) is 0 Å². The van der Waals surface area contributed by atoms with Gasteiger partial charge in [-0.15, -0.1) is 0 Å². The Hall–Kier alpha value is -0.0600. The molecule has 0 N–H and O–H groups in total. The van der Waals surface area contributed by atoms with Gasteiger partial charge in [0.25, 0.3) is 0 Å². The molecule has 0 rings (SSSR count).